The highest BCUT2D eigenvalue weighted by atomic mass is 16.5. The van der Waals surface area contributed by atoms with Crippen molar-refractivity contribution in [3.05, 3.63) is 29.8 Å². The number of nitrogens with zero attached hydrogens (tertiary/aromatic N) is 3. The first-order chi connectivity index (χ1) is 9.04. The number of guanidine groups is 1. The summed E-state index contributed by atoms with van der Waals surface area (Å²) < 4.78 is 5.22. The van der Waals surface area contributed by atoms with Gasteiger partial charge in [0.25, 0.3) is 0 Å². The van der Waals surface area contributed by atoms with E-state index in [-0.39, 0.29) is 0 Å². The summed E-state index contributed by atoms with van der Waals surface area (Å²) >= 11 is 0. The smallest absolute Gasteiger partial charge is 0.195 e. The SMILES string of the molecule is COc1cccc(CCCN=C(N(C)C)N(C)C)c1. The lowest BCUT2D eigenvalue weighted by molar-refractivity contribution is 0.414. The number of hydrogen-bond donors (Lipinski definition) is 0. The summed E-state index contributed by atoms with van der Waals surface area (Å²) in [5.74, 6) is 1.92. The Bertz CT molecular complexity index is 404. The van der Waals surface area contributed by atoms with Gasteiger partial charge in [-0.3, -0.25) is 4.99 Å². The van der Waals surface area contributed by atoms with Gasteiger partial charge < -0.3 is 14.5 Å². The quantitative estimate of drug-likeness (QED) is 0.463. The average molecular weight is 263 g/mol. The van der Waals surface area contributed by atoms with E-state index in [0.29, 0.717) is 0 Å². The third kappa shape index (κ3) is 5.20. The zero-order valence-corrected chi connectivity index (χ0v) is 12.7. The van der Waals surface area contributed by atoms with Crippen LogP contribution in [0.5, 0.6) is 5.75 Å². The third-order valence-corrected chi connectivity index (χ3v) is 2.81. The predicted molar refractivity (Wildman–Crippen MR) is 81.0 cm³/mol. The second-order valence-corrected chi connectivity index (χ2v) is 4.93. The van der Waals surface area contributed by atoms with Crippen molar-refractivity contribution in [1.29, 1.82) is 0 Å². The van der Waals surface area contributed by atoms with Gasteiger partial charge in [0.1, 0.15) is 5.75 Å². The molecule has 0 aliphatic heterocycles. The zero-order chi connectivity index (χ0) is 14.3. The Hall–Kier alpha value is -1.71. The molecule has 0 unspecified atom stereocenters. The van der Waals surface area contributed by atoms with E-state index in [2.05, 4.69) is 17.1 Å². The molecule has 1 aromatic carbocycles. The molecule has 0 fully saturated rings. The van der Waals surface area contributed by atoms with Crippen molar-refractivity contribution in [2.24, 2.45) is 4.99 Å². The molecule has 0 aromatic heterocycles. The number of rotatable bonds is 5. The van der Waals surface area contributed by atoms with Crippen LogP contribution in [0.15, 0.2) is 29.3 Å². The fourth-order valence-electron chi connectivity index (χ4n) is 1.97. The molecular weight excluding hydrogens is 238 g/mol. The minimum Gasteiger partial charge on any atom is -0.497 e. The molecule has 1 aromatic rings. The third-order valence-electron chi connectivity index (χ3n) is 2.81. The van der Waals surface area contributed by atoms with Crippen LogP contribution in [-0.2, 0) is 6.42 Å². The first-order valence-corrected chi connectivity index (χ1v) is 6.56. The molecule has 0 amide bonds. The van der Waals surface area contributed by atoms with Gasteiger partial charge in [-0.05, 0) is 30.5 Å². The van der Waals surface area contributed by atoms with Crippen LogP contribution in [0.25, 0.3) is 0 Å². The summed E-state index contributed by atoms with van der Waals surface area (Å²) in [6, 6.07) is 8.22. The van der Waals surface area contributed by atoms with Crippen molar-refractivity contribution < 1.29 is 4.74 Å². The van der Waals surface area contributed by atoms with E-state index in [9.17, 15) is 0 Å². The molecule has 0 saturated heterocycles. The number of methoxy groups -OCH3 is 1. The number of benzene rings is 1. The Morgan fingerprint density at radius 1 is 1.16 bits per heavy atom. The second-order valence-electron chi connectivity index (χ2n) is 4.93. The molecule has 0 heterocycles. The number of hydrogen-bond acceptors (Lipinski definition) is 2. The lowest BCUT2D eigenvalue weighted by Gasteiger charge is -2.22. The zero-order valence-electron chi connectivity index (χ0n) is 12.7. The molecule has 106 valence electrons. The molecule has 0 aliphatic carbocycles. The topological polar surface area (TPSA) is 28.1 Å². The van der Waals surface area contributed by atoms with Crippen LogP contribution < -0.4 is 4.74 Å². The molecule has 0 N–H and O–H groups in total. The molecule has 0 radical (unpaired) electrons. The van der Waals surface area contributed by atoms with Crippen molar-refractivity contribution in [1.82, 2.24) is 9.80 Å². The van der Waals surface area contributed by atoms with Crippen LogP contribution in [0.3, 0.4) is 0 Å². The minimum atomic E-state index is 0.836. The second kappa shape index (κ2) is 7.67. The average Bonchev–Trinajstić information content (AvgIpc) is 2.37. The van der Waals surface area contributed by atoms with Gasteiger partial charge in [-0.1, -0.05) is 12.1 Å². The molecule has 4 heteroatoms. The number of aliphatic imine (C=N–C) groups is 1. The standard InChI is InChI=1S/C15H25N3O/c1-17(2)15(18(3)4)16-11-7-9-13-8-6-10-14(12-13)19-5/h6,8,10,12H,7,9,11H2,1-5H3. The van der Waals surface area contributed by atoms with Gasteiger partial charge in [0.2, 0.25) is 0 Å². The first-order valence-electron chi connectivity index (χ1n) is 6.56. The van der Waals surface area contributed by atoms with Crippen molar-refractivity contribution in [2.45, 2.75) is 12.8 Å². The highest BCUT2D eigenvalue weighted by Crippen LogP contribution is 2.13. The van der Waals surface area contributed by atoms with E-state index in [1.54, 1.807) is 7.11 Å². The van der Waals surface area contributed by atoms with Gasteiger partial charge in [0, 0.05) is 34.7 Å². The van der Waals surface area contributed by atoms with E-state index in [1.165, 1.54) is 5.56 Å². The lowest BCUT2D eigenvalue weighted by atomic mass is 10.1. The molecule has 0 aliphatic rings. The molecule has 0 spiro atoms. The van der Waals surface area contributed by atoms with Gasteiger partial charge in [-0.25, -0.2) is 0 Å². The predicted octanol–water partition coefficient (Wildman–Crippen LogP) is 2.11. The van der Waals surface area contributed by atoms with E-state index in [4.69, 9.17) is 4.74 Å². The summed E-state index contributed by atoms with van der Waals surface area (Å²) in [4.78, 5) is 8.68. The first kappa shape index (κ1) is 15.3. The van der Waals surface area contributed by atoms with Crippen molar-refractivity contribution in [3.8, 4) is 5.75 Å². The maximum absolute atomic E-state index is 5.22. The van der Waals surface area contributed by atoms with Crippen molar-refractivity contribution in [3.63, 3.8) is 0 Å². The molecular formula is C15H25N3O. The van der Waals surface area contributed by atoms with E-state index in [1.807, 2.05) is 50.1 Å². The van der Waals surface area contributed by atoms with Crippen LogP contribution in [0, 0.1) is 0 Å². The maximum Gasteiger partial charge on any atom is 0.195 e. The van der Waals surface area contributed by atoms with E-state index >= 15 is 0 Å². The van der Waals surface area contributed by atoms with E-state index < -0.39 is 0 Å². The van der Waals surface area contributed by atoms with Gasteiger partial charge in [-0.15, -0.1) is 0 Å². The Labute approximate surface area is 116 Å². The molecule has 0 atom stereocenters. The Morgan fingerprint density at radius 3 is 2.42 bits per heavy atom. The van der Waals surface area contributed by atoms with Crippen LogP contribution in [-0.4, -0.2) is 57.6 Å². The number of ether oxygens (including phenoxy) is 1. The highest BCUT2D eigenvalue weighted by molar-refractivity contribution is 5.79. The lowest BCUT2D eigenvalue weighted by Crippen LogP contribution is -2.35. The van der Waals surface area contributed by atoms with Gasteiger partial charge >= 0.3 is 0 Å². The highest BCUT2D eigenvalue weighted by Gasteiger charge is 2.03. The fraction of sp³-hybridized carbons (Fsp3) is 0.533. The largest absolute Gasteiger partial charge is 0.497 e. The van der Waals surface area contributed by atoms with Crippen LogP contribution in [0.4, 0.5) is 0 Å². The maximum atomic E-state index is 5.22. The van der Waals surface area contributed by atoms with Gasteiger partial charge in [-0.2, -0.15) is 0 Å². The molecule has 0 saturated carbocycles. The molecule has 19 heavy (non-hydrogen) atoms. The molecule has 4 nitrogen and oxygen atoms in total. The fourth-order valence-corrected chi connectivity index (χ4v) is 1.97. The van der Waals surface area contributed by atoms with Gasteiger partial charge in [0.15, 0.2) is 5.96 Å². The molecule has 0 bridgehead atoms. The Balaban J connectivity index is 2.47. The summed E-state index contributed by atoms with van der Waals surface area (Å²) in [6.07, 6.45) is 2.06. The van der Waals surface area contributed by atoms with Crippen molar-refractivity contribution in [2.75, 3.05) is 41.8 Å². The summed E-state index contributed by atoms with van der Waals surface area (Å²) in [6.45, 7) is 0.836. The summed E-state index contributed by atoms with van der Waals surface area (Å²) in [5, 5.41) is 0. The Morgan fingerprint density at radius 2 is 1.84 bits per heavy atom. The molecule has 1 rings (SSSR count). The van der Waals surface area contributed by atoms with Crippen LogP contribution >= 0.6 is 0 Å². The summed E-state index contributed by atoms with van der Waals surface area (Å²) in [5.41, 5.74) is 1.30. The monoisotopic (exact) mass is 263 g/mol. The number of aryl methyl sites for hydroxylation is 1. The summed E-state index contributed by atoms with van der Waals surface area (Å²) in [7, 11) is 9.76. The Kier molecular flexibility index (Phi) is 6.19. The van der Waals surface area contributed by atoms with Crippen LogP contribution in [0.2, 0.25) is 0 Å². The van der Waals surface area contributed by atoms with E-state index in [0.717, 1.165) is 31.1 Å². The normalized spacial score (nSPS) is 9.95. The van der Waals surface area contributed by atoms with Gasteiger partial charge in [0.05, 0.1) is 7.11 Å². The van der Waals surface area contributed by atoms with Crippen LogP contribution in [0.1, 0.15) is 12.0 Å². The minimum absolute atomic E-state index is 0.836. The van der Waals surface area contributed by atoms with Crippen molar-refractivity contribution >= 4 is 5.96 Å².